The Hall–Kier alpha value is -1.02. The minimum Gasteiger partial charge on any atom is -0.488 e. The minimum absolute atomic E-state index is 0.0115. The predicted octanol–water partition coefficient (Wildman–Crippen LogP) is 2.29. The summed E-state index contributed by atoms with van der Waals surface area (Å²) in [7, 11) is 0. The summed E-state index contributed by atoms with van der Waals surface area (Å²) in [5.41, 5.74) is 8.19. The molecule has 0 aromatic heterocycles. The van der Waals surface area contributed by atoms with Crippen LogP contribution < -0.4 is 10.5 Å². The highest BCUT2D eigenvalue weighted by atomic mass is 16.5. The molecule has 0 aliphatic carbocycles. The van der Waals surface area contributed by atoms with Crippen LogP contribution in [0.25, 0.3) is 0 Å². The van der Waals surface area contributed by atoms with Gasteiger partial charge in [-0.2, -0.15) is 0 Å². The normalized spacial score (nSPS) is 18.1. The number of aryl methyl sites for hydroxylation is 1. The lowest BCUT2D eigenvalue weighted by atomic mass is 9.93. The van der Waals surface area contributed by atoms with Crippen molar-refractivity contribution < 1.29 is 4.74 Å². The maximum Gasteiger partial charge on any atom is 0.123 e. The molecule has 1 aliphatic rings. The minimum atomic E-state index is -0.0115. The van der Waals surface area contributed by atoms with E-state index < -0.39 is 0 Å². The fourth-order valence-electron chi connectivity index (χ4n) is 2.03. The van der Waals surface area contributed by atoms with Gasteiger partial charge in [0.1, 0.15) is 11.4 Å². The zero-order valence-corrected chi connectivity index (χ0v) is 9.55. The van der Waals surface area contributed by atoms with E-state index in [1.165, 1.54) is 11.1 Å². The Balaban J connectivity index is 2.24. The number of hydrogen-bond donors (Lipinski definition) is 1. The van der Waals surface area contributed by atoms with Crippen molar-refractivity contribution in [3.05, 3.63) is 29.3 Å². The van der Waals surface area contributed by atoms with Crippen LogP contribution in [0.3, 0.4) is 0 Å². The molecule has 0 bridgehead atoms. The third-order valence-electron chi connectivity index (χ3n) is 2.94. The molecule has 82 valence electrons. The average Bonchev–Trinajstić information content (AvgIpc) is 2.18. The van der Waals surface area contributed by atoms with E-state index in [-0.39, 0.29) is 5.60 Å². The number of rotatable bonds is 2. The van der Waals surface area contributed by atoms with Gasteiger partial charge in [-0.1, -0.05) is 12.1 Å². The standard InChI is InChI=1S/C13H19NO/c1-13(2)7-5-11-9-10(6-8-14)3-4-12(11)15-13/h3-4,9H,5-8,14H2,1-2H3. The zero-order valence-electron chi connectivity index (χ0n) is 9.55. The highest BCUT2D eigenvalue weighted by Crippen LogP contribution is 2.33. The summed E-state index contributed by atoms with van der Waals surface area (Å²) in [6.45, 7) is 5.00. The smallest absolute Gasteiger partial charge is 0.123 e. The van der Waals surface area contributed by atoms with Crippen molar-refractivity contribution in [2.45, 2.75) is 38.7 Å². The Labute approximate surface area is 91.4 Å². The first-order chi connectivity index (χ1) is 7.11. The molecule has 2 N–H and O–H groups in total. The van der Waals surface area contributed by atoms with Gasteiger partial charge >= 0.3 is 0 Å². The van der Waals surface area contributed by atoms with Crippen LogP contribution in [0, 0.1) is 0 Å². The second-order valence-electron chi connectivity index (χ2n) is 4.84. The summed E-state index contributed by atoms with van der Waals surface area (Å²) in [6, 6.07) is 6.44. The Morgan fingerprint density at radius 2 is 2.20 bits per heavy atom. The van der Waals surface area contributed by atoms with Crippen molar-refractivity contribution in [1.82, 2.24) is 0 Å². The van der Waals surface area contributed by atoms with Crippen LogP contribution in [0.15, 0.2) is 18.2 Å². The molecule has 1 aromatic rings. The van der Waals surface area contributed by atoms with Crippen LogP contribution in [0.2, 0.25) is 0 Å². The number of benzene rings is 1. The topological polar surface area (TPSA) is 35.2 Å². The fourth-order valence-corrected chi connectivity index (χ4v) is 2.03. The molecule has 0 atom stereocenters. The largest absolute Gasteiger partial charge is 0.488 e. The van der Waals surface area contributed by atoms with Crippen molar-refractivity contribution in [2.24, 2.45) is 5.73 Å². The zero-order chi connectivity index (χ0) is 10.9. The molecule has 15 heavy (non-hydrogen) atoms. The van der Waals surface area contributed by atoms with Gasteiger partial charge in [0.05, 0.1) is 0 Å². The Kier molecular flexibility index (Phi) is 2.70. The van der Waals surface area contributed by atoms with Crippen LogP contribution in [0.4, 0.5) is 0 Å². The Bertz CT molecular complexity index is 358. The van der Waals surface area contributed by atoms with Gasteiger partial charge in [0, 0.05) is 0 Å². The van der Waals surface area contributed by atoms with E-state index in [1.54, 1.807) is 0 Å². The van der Waals surface area contributed by atoms with Gasteiger partial charge in [-0.05, 0) is 56.8 Å². The molecule has 2 nitrogen and oxygen atoms in total. The molecule has 0 unspecified atom stereocenters. The van der Waals surface area contributed by atoms with Gasteiger partial charge in [-0.25, -0.2) is 0 Å². The van der Waals surface area contributed by atoms with Gasteiger partial charge in [-0.15, -0.1) is 0 Å². The van der Waals surface area contributed by atoms with E-state index in [4.69, 9.17) is 10.5 Å². The third kappa shape index (κ3) is 2.32. The SMILES string of the molecule is CC1(C)CCc2cc(CCN)ccc2O1. The van der Waals surface area contributed by atoms with Gasteiger partial charge in [0.25, 0.3) is 0 Å². The number of ether oxygens (including phenoxy) is 1. The van der Waals surface area contributed by atoms with Gasteiger partial charge in [0.2, 0.25) is 0 Å². The first kappa shape index (κ1) is 10.5. The van der Waals surface area contributed by atoms with Gasteiger partial charge in [0.15, 0.2) is 0 Å². The second kappa shape index (κ2) is 3.86. The maximum atomic E-state index is 5.92. The van der Waals surface area contributed by atoms with Crippen LogP contribution in [0.5, 0.6) is 5.75 Å². The van der Waals surface area contributed by atoms with E-state index in [9.17, 15) is 0 Å². The van der Waals surface area contributed by atoms with Crippen LogP contribution >= 0.6 is 0 Å². The highest BCUT2D eigenvalue weighted by Gasteiger charge is 2.26. The maximum absolute atomic E-state index is 5.92. The molecule has 0 spiro atoms. The van der Waals surface area contributed by atoms with E-state index in [0.717, 1.165) is 25.0 Å². The molecule has 2 heteroatoms. The van der Waals surface area contributed by atoms with Crippen molar-refractivity contribution in [1.29, 1.82) is 0 Å². The predicted molar refractivity (Wildman–Crippen MR) is 62.2 cm³/mol. The van der Waals surface area contributed by atoms with Crippen molar-refractivity contribution in [3.63, 3.8) is 0 Å². The van der Waals surface area contributed by atoms with Crippen molar-refractivity contribution in [2.75, 3.05) is 6.54 Å². The lowest BCUT2D eigenvalue weighted by Crippen LogP contribution is -2.32. The third-order valence-corrected chi connectivity index (χ3v) is 2.94. The summed E-state index contributed by atoms with van der Waals surface area (Å²) in [5, 5.41) is 0. The van der Waals surface area contributed by atoms with Crippen LogP contribution in [-0.4, -0.2) is 12.1 Å². The van der Waals surface area contributed by atoms with Gasteiger partial charge in [-0.3, -0.25) is 0 Å². The molecule has 1 heterocycles. The molecule has 0 saturated carbocycles. The molecular weight excluding hydrogens is 186 g/mol. The fraction of sp³-hybridized carbons (Fsp3) is 0.538. The molecule has 1 aromatic carbocycles. The molecule has 1 aliphatic heterocycles. The van der Waals surface area contributed by atoms with E-state index in [2.05, 4.69) is 32.0 Å². The first-order valence-corrected chi connectivity index (χ1v) is 5.62. The van der Waals surface area contributed by atoms with E-state index >= 15 is 0 Å². The summed E-state index contributed by atoms with van der Waals surface area (Å²) >= 11 is 0. The molecule has 2 rings (SSSR count). The Morgan fingerprint density at radius 3 is 2.93 bits per heavy atom. The van der Waals surface area contributed by atoms with E-state index in [1.807, 2.05) is 0 Å². The summed E-state index contributed by atoms with van der Waals surface area (Å²) in [5.74, 6) is 1.05. The molecular formula is C13H19NO. The number of fused-ring (bicyclic) bond motifs is 1. The van der Waals surface area contributed by atoms with Crippen molar-refractivity contribution >= 4 is 0 Å². The second-order valence-corrected chi connectivity index (χ2v) is 4.84. The molecule has 0 amide bonds. The molecule has 0 saturated heterocycles. The number of nitrogens with two attached hydrogens (primary N) is 1. The van der Waals surface area contributed by atoms with E-state index in [0.29, 0.717) is 6.54 Å². The van der Waals surface area contributed by atoms with Gasteiger partial charge < -0.3 is 10.5 Å². The van der Waals surface area contributed by atoms with Crippen LogP contribution in [-0.2, 0) is 12.8 Å². The first-order valence-electron chi connectivity index (χ1n) is 5.62. The summed E-state index contributed by atoms with van der Waals surface area (Å²) < 4.78 is 5.92. The quantitative estimate of drug-likeness (QED) is 0.804. The highest BCUT2D eigenvalue weighted by molar-refractivity contribution is 5.39. The lowest BCUT2D eigenvalue weighted by Gasteiger charge is -2.32. The van der Waals surface area contributed by atoms with Crippen molar-refractivity contribution in [3.8, 4) is 5.75 Å². The van der Waals surface area contributed by atoms with Crippen LogP contribution in [0.1, 0.15) is 31.4 Å². The monoisotopic (exact) mass is 205 g/mol. The molecule has 0 fully saturated rings. The lowest BCUT2D eigenvalue weighted by molar-refractivity contribution is 0.0846. The Morgan fingerprint density at radius 1 is 1.40 bits per heavy atom. The number of hydrogen-bond acceptors (Lipinski definition) is 2. The summed E-state index contributed by atoms with van der Waals surface area (Å²) in [6.07, 6.45) is 3.16. The summed E-state index contributed by atoms with van der Waals surface area (Å²) in [4.78, 5) is 0. The molecule has 0 radical (unpaired) electrons. The average molecular weight is 205 g/mol.